The van der Waals surface area contributed by atoms with Gasteiger partial charge in [-0.25, -0.2) is 0 Å². The van der Waals surface area contributed by atoms with Gasteiger partial charge in [0, 0.05) is 31.3 Å². The topological polar surface area (TPSA) is 113 Å². The van der Waals surface area contributed by atoms with Gasteiger partial charge in [0.15, 0.2) is 0 Å². The Kier molecular flexibility index (Phi) is 4.92. The molecule has 1 amide bonds. The number of rotatable bonds is 6. The van der Waals surface area contributed by atoms with E-state index in [4.69, 9.17) is 5.11 Å². The van der Waals surface area contributed by atoms with E-state index in [1.165, 1.54) is 12.1 Å². The Morgan fingerprint density at radius 1 is 1.27 bits per heavy atom. The van der Waals surface area contributed by atoms with Crippen LogP contribution in [0.3, 0.4) is 0 Å². The van der Waals surface area contributed by atoms with Crippen molar-refractivity contribution in [3.05, 3.63) is 28.3 Å². The molecule has 1 aromatic rings. The number of amides is 1. The molecule has 8 nitrogen and oxygen atoms in total. The van der Waals surface area contributed by atoms with Crippen molar-refractivity contribution in [1.29, 1.82) is 0 Å². The second-order valence-corrected chi connectivity index (χ2v) is 5.09. The van der Waals surface area contributed by atoms with Crippen molar-refractivity contribution in [1.82, 2.24) is 0 Å². The fourth-order valence-electron chi connectivity index (χ4n) is 2.38. The molecule has 118 valence electrons. The molecule has 1 aliphatic rings. The average Bonchev–Trinajstić information content (AvgIpc) is 2.99. The highest BCUT2D eigenvalue weighted by Gasteiger charge is 2.20. The van der Waals surface area contributed by atoms with Gasteiger partial charge in [-0.05, 0) is 25.0 Å². The first kappa shape index (κ1) is 15.7. The van der Waals surface area contributed by atoms with E-state index in [2.05, 4.69) is 10.2 Å². The Hall–Kier alpha value is -2.64. The molecule has 0 radical (unpaired) electrons. The number of carbonyl (C=O) groups excluding carboxylic acids is 1. The maximum absolute atomic E-state index is 11.6. The van der Waals surface area contributed by atoms with Crippen molar-refractivity contribution in [2.24, 2.45) is 0 Å². The summed E-state index contributed by atoms with van der Waals surface area (Å²) in [5.41, 5.74) is 0.657. The zero-order chi connectivity index (χ0) is 16.1. The monoisotopic (exact) mass is 307 g/mol. The van der Waals surface area contributed by atoms with Gasteiger partial charge in [-0.1, -0.05) is 0 Å². The third kappa shape index (κ3) is 3.94. The molecule has 1 aliphatic heterocycles. The smallest absolute Gasteiger partial charge is 0.303 e. The van der Waals surface area contributed by atoms with E-state index in [1.54, 1.807) is 6.07 Å². The first-order valence-electron chi connectivity index (χ1n) is 7.02. The van der Waals surface area contributed by atoms with Crippen LogP contribution in [-0.2, 0) is 9.59 Å². The van der Waals surface area contributed by atoms with Crippen LogP contribution in [-0.4, -0.2) is 35.0 Å². The number of nitro benzene ring substituents is 1. The number of hydrogen-bond donors (Lipinski definition) is 2. The van der Waals surface area contributed by atoms with Crippen LogP contribution < -0.4 is 10.2 Å². The lowest BCUT2D eigenvalue weighted by molar-refractivity contribution is -0.383. The lowest BCUT2D eigenvalue weighted by atomic mass is 10.2. The van der Waals surface area contributed by atoms with Crippen molar-refractivity contribution >= 4 is 28.9 Å². The number of nitrogens with zero attached hydrogens (tertiary/aromatic N) is 2. The summed E-state index contributed by atoms with van der Waals surface area (Å²) in [6, 6.07) is 4.66. The summed E-state index contributed by atoms with van der Waals surface area (Å²) in [6.07, 6.45) is 1.58. The summed E-state index contributed by atoms with van der Waals surface area (Å²) in [7, 11) is 0. The largest absolute Gasteiger partial charge is 0.481 e. The van der Waals surface area contributed by atoms with Gasteiger partial charge in [0.2, 0.25) is 5.91 Å². The molecule has 8 heteroatoms. The maximum Gasteiger partial charge on any atom is 0.303 e. The first-order valence-corrected chi connectivity index (χ1v) is 7.02. The van der Waals surface area contributed by atoms with Gasteiger partial charge in [-0.2, -0.15) is 0 Å². The van der Waals surface area contributed by atoms with Gasteiger partial charge in [-0.15, -0.1) is 0 Å². The minimum absolute atomic E-state index is 0.0864. The number of aliphatic carboxylic acids is 1. The summed E-state index contributed by atoms with van der Waals surface area (Å²) in [6.45, 7) is 1.73. The molecule has 0 spiro atoms. The van der Waals surface area contributed by atoms with E-state index in [0.29, 0.717) is 0 Å². The standard InChI is InChI=1S/C14H17N3O5/c18-13(5-6-14(19)20)15-11-4-3-10(9-12(11)17(21)22)16-7-1-2-8-16/h3-4,9H,1-2,5-8H2,(H,15,18)(H,19,20). The van der Waals surface area contributed by atoms with Crippen LogP contribution in [0.4, 0.5) is 17.1 Å². The minimum atomic E-state index is -1.09. The molecule has 1 fully saturated rings. The molecule has 0 aromatic heterocycles. The van der Waals surface area contributed by atoms with Crippen LogP contribution in [0.25, 0.3) is 0 Å². The summed E-state index contributed by atoms with van der Waals surface area (Å²) >= 11 is 0. The van der Waals surface area contributed by atoms with Gasteiger partial charge in [-0.3, -0.25) is 19.7 Å². The van der Waals surface area contributed by atoms with Crippen LogP contribution >= 0.6 is 0 Å². The molecule has 0 saturated carbocycles. The number of carboxylic acid groups (broad SMARTS) is 1. The van der Waals surface area contributed by atoms with E-state index in [9.17, 15) is 19.7 Å². The van der Waals surface area contributed by atoms with Crippen LogP contribution in [0.1, 0.15) is 25.7 Å². The number of benzene rings is 1. The highest BCUT2D eigenvalue weighted by atomic mass is 16.6. The second kappa shape index (κ2) is 6.88. The number of nitrogens with one attached hydrogen (secondary N) is 1. The van der Waals surface area contributed by atoms with Crippen LogP contribution in [0.15, 0.2) is 18.2 Å². The van der Waals surface area contributed by atoms with Crippen molar-refractivity contribution in [2.75, 3.05) is 23.3 Å². The van der Waals surface area contributed by atoms with Crippen LogP contribution in [0.5, 0.6) is 0 Å². The maximum atomic E-state index is 11.6. The van der Waals surface area contributed by atoms with E-state index in [0.717, 1.165) is 31.6 Å². The molecule has 0 atom stereocenters. The summed E-state index contributed by atoms with van der Waals surface area (Å²) in [4.78, 5) is 34.7. The SMILES string of the molecule is O=C(O)CCC(=O)Nc1ccc(N2CCCC2)cc1[N+](=O)[O-]. The van der Waals surface area contributed by atoms with Gasteiger partial charge < -0.3 is 15.3 Å². The number of nitro groups is 1. The van der Waals surface area contributed by atoms with Gasteiger partial charge in [0.25, 0.3) is 5.69 Å². The molecule has 22 heavy (non-hydrogen) atoms. The average molecular weight is 307 g/mol. The number of carboxylic acids is 1. The van der Waals surface area contributed by atoms with E-state index in [1.807, 2.05) is 0 Å². The number of carbonyl (C=O) groups is 2. The van der Waals surface area contributed by atoms with Crippen molar-refractivity contribution < 1.29 is 19.6 Å². The van der Waals surface area contributed by atoms with E-state index in [-0.39, 0.29) is 24.2 Å². The molecule has 0 bridgehead atoms. The van der Waals surface area contributed by atoms with Crippen molar-refractivity contribution in [3.8, 4) is 0 Å². The normalized spacial score (nSPS) is 13.9. The third-order valence-electron chi connectivity index (χ3n) is 3.49. The zero-order valence-corrected chi connectivity index (χ0v) is 11.9. The fourth-order valence-corrected chi connectivity index (χ4v) is 2.38. The minimum Gasteiger partial charge on any atom is -0.481 e. The molecular weight excluding hydrogens is 290 g/mol. The molecule has 1 saturated heterocycles. The summed E-state index contributed by atoms with van der Waals surface area (Å²) < 4.78 is 0. The predicted octanol–water partition coefficient (Wildman–Crippen LogP) is 2.00. The quantitative estimate of drug-likeness (QED) is 0.614. The highest BCUT2D eigenvalue weighted by Crippen LogP contribution is 2.31. The predicted molar refractivity (Wildman–Crippen MR) is 80.0 cm³/mol. The molecule has 1 heterocycles. The first-order chi connectivity index (χ1) is 10.5. The Morgan fingerprint density at radius 3 is 2.55 bits per heavy atom. The van der Waals surface area contributed by atoms with Gasteiger partial charge >= 0.3 is 5.97 Å². The third-order valence-corrected chi connectivity index (χ3v) is 3.49. The Morgan fingerprint density at radius 2 is 1.95 bits per heavy atom. The Balaban J connectivity index is 2.14. The highest BCUT2D eigenvalue weighted by molar-refractivity contribution is 5.94. The van der Waals surface area contributed by atoms with Gasteiger partial charge in [0.05, 0.1) is 11.3 Å². The number of anilines is 2. The van der Waals surface area contributed by atoms with Crippen molar-refractivity contribution in [3.63, 3.8) is 0 Å². The van der Waals surface area contributed by atoms with Crippen LogP contribution in [0, 0.1) is 10.1 Å². The fraction of sp³-hybridized carbons (Fsp3) is 0.429. The van der Waals surface area contributed by atoms with Crippen molar-refractivity contribution in [2.45, 2.75) is 25.7 Å². The molecule has 2 N–H and O–H groups in total. The van der Waals surface area contributed by atoms with E-state index >= 15 is 0 Å². The molecule has 2 rings (SSSR count). The van der Waals surface area contributed by atoms with Crippen LogP contribution in [0.2, 0.25) is 0 Å². The van der Waals surface area contributed by atoms with Gasteiger partial charge in [0.1, 0.15) is 5.69 Å². The Labute approximate surface area is 126 Å². The molecular formula is C14H17N3O5. The lowest BCUT2D eigenvalue weighted by Gasteiger charge is -2.18. The molecule has 0 unspecified atom stereocenters. The summed E-state index contributed by atoms with van der Waals surface area (Å²) in [5.74, 6) is -1.64. The molecule has 0 aliphatic carbocycles. The van der Waals surface area contributed by atoms with E-state index < -0.39 is 16.8 Å². The molecule has 1 aromatic carbocycles. The lowest BCUT2D eigenvalue weighted by Crippen LogP contribution is -2.18. The zero-order valence-electron chi connectivity index (χ0n) is 11.9. The Bertz CT molecular complexity index is 596. The number of hydrogen-bond acceptors (Lipinski definition) is 5. The summed E-state index contributed by atoms with van der Waals surface area (Å²) in [5, 5.41) is 22.1. The second-order valence-electron chi connectivity index (χ2n) is 5.09.